The van der Waals surface area contributed by atoms with Gasteiger partial charge in [-0.1, -0.05) is 48.4 Å². The smallest absolute Gasteiger partial charge is 0.410 e. The number of carbonyl (C=O) groups is 2. The van der Waals surface area contributed by atoms with E-state index in [-0.39, 0.29) is 40.9 Å². The van der Waals surface area contributed by atoms with Gasteiger partial charge in [-0.15, -0.1) is 0 Å². The zero-order valence-corrected chi connectivity index (χ0v) is 26.5. The number of aliphatic hydroxyl groups is 1. The molecule has 3 aliphatic carbocycles. The number of Topliss-reactive ketones (excluding diaryl/α,β-unsaturated/α-hetero) is 1. The van der Waals surface area contributed by atoms with E-state index in [0.717, 1.165) is 56.3 Å². The number of hydrogen-bond donors (Lipinski definition) is 1. The van der Waals surface area contributed by atoms with Crippen LogP contribution in [-0.2, 0) is 22.3 Å². The van der Waals surface area contributed by atoms with E-state index in [4.69, 9.17) is 21.1 Å². The molecule has 7 rings (SSSR count). The lowest BCUT2D eigenvalue weighted by molar-refractivity contribution is -0.0374. The van der Waals surface area contributed by atoms with Gasteiger partial charge in [-0.25, -0.2) is 9.18 Å². The first-order chi connectivity index (χ1) is 21.1. The van der Waals surface area contributed by atoms with Gasteiger partial charge in [0.2, 0.25) is 0 Å². The van der Waals surface area contributed by atoms with E-state index in [0.29, 0.717) is 37.9 Å². The number of allylic oxidation sites excluding steroid dienone is 2. The number of benzene rings is 2. The molecule has 5 aliphatic rings. The van der Waals surface area contributed by atoms with E-state index in [1.165, 1.54) is 17.7 Å². The van der Waals surface area contributed by atoms with Crippen molar-refractivity contribution in [1.29, 1.82) is 0 Å². The summed E-state index contributed by atoms with van der Waals surface area (Å²) in [5.74, 6) is -0.779. The summed E-state index contributed by atoms with van der Waals surface area (Å²) in [7, 11) is 0. The number of nitrogens with zero attached hydrogens (tertiary/aromatic N) is 1. The lowest BCUT2D eigenvalue weighted by Gasteiger charge is -2.43. The van der Waals surface area contributed by atoms with Crippen LogP contribution in [0.2, 0.25) is 5.02 Å². The Hall–Kier alpha value is -2.74. The summed E-state index contributed by atoms with van der Waals surface area (Å²) >= 11 is 6.34. The molecular formula is C36H43ClFNO5. The summed E-state index contributed by atoms with van der Waals surface area (Å²) in [5, 5.41) is 11.1. The van der Waals surface area contributed by atoms with Gasteiger partial charge in [0, 0.05) is 34.6 Å². The third kappa shape index (κ3) is 5.95. The Labute approximate surface area is 264 Å². The van der Waals surface area contributed by atoms with E-state index >= 15 is 0 Å². The SMILES string of the molecule is CC1=CCC[C@@]2(C)[C@@H](CC[C@@]23CN(C[C@H]2CCCO2)C(=O)O3)c2ccc(cc2C(=O)Cc2c(F)cccc2Cl)C[C@@H](O)CC1. The van der Waals surface area contributed by atoms with Crippen molar-refractivity contribution >= 4 is 23.5 Å². The van der Waals surface area contributed by atoms with Crippen LogP contribution in [0.3, 0.4) is 0 Å². The topological polar surface area (TPSA) is 76.1 Å². The average molecular weight is 624 g/mol. The fourth-order valence-electron chi connectivity index (χ4n) is 8.16. The molecule has 0 radical (unpaired) electrons. The highest BCUT2D eigenvalue weighted by Gasteiger charge is 2.64. The van der Waals surface area contributed by atoms with Crippen LogP contribution in [0, 0.1) is 11.2 Å². The molecule has 2 bridgehead atoms. The zero-order chi connectivity index (χ0) is 31.1. The molecule has 1 N–H and O–H groups in total. The number of carbonyl (C=O) groups excluding carboxylic acids is 2. The van der Waals surface area contributed by atoms with E-state index in [1.807, 2.05) is 23.1 Å². The summed E-state index contributed by atoms with van der Waals surface area (Å²) in [4.78, 5) is 29.3. The van der Waals surface area contributed by atoms with E-state index in [1.54, 1.807) is 6.07 Å². The minimum Gasteiger partial charge on any atom is -0.440 e. The molecule has 0 unspecified atom stereocenters. The van der Waals surface area contributed by atoms with Gasteiger partial charge >= 0.3 is 6.09 Å². The average Bonchev–Trinajstić information content (AvgIpc) is 3.68. The highest BCUT2D eigenvalue weighted by molar-refractivity contribution is 6.31. The summed E-state index contributed by atoms with van der Waals surface area (Å²) in [5.41, 5.74) is 2.57. The highest BCUT2D eigenvalue weighted by Crippen LogP contribution is 2.61. The lowest BCUT2D eigenvalue weighted by atomic mass is 9.64. The molecule has 2 aromatic carbocycles. The maximum atomic E-state index is 14.8. The first kappa shape index (κ1) is 31.3. The second-order valence-electron chi connectivity index (χ2n) is 13.6. The first-order valence-electron chi connectivity index (χ1n) is 16.1. The van der Waals surface area contributed by atoms with E-state index < -0.39 is 22.9 Å². The Morgan fingerprint density at radius 1 is 1.18 bits per heavy atom. The number of ketones is 1. The normalized spacial score (nSPS) is 30.8. The fourth-order valence-corrected chi connectivity index (χ4v) is 8.39. The number of ether oxygens (including phenoxy) is 2. The van der Waals surface area contributed by atoms with Crippen molar-refractivity contribution in [2.75, 3.05) is 19.7 Å². The maximum Gasteiger partial charge on any atom is 0.410 e. The first-order valence-corrected chi connectivity index (χ1v) is 16.5. The van der Waals surface area contributed by atoms with Crippen LogP contribution in [-0.4, -0.2) is 59.4 Å². The van der Waals surface area contributed by atoms with Crippen LogP contribution in [0.25, 0.3) is 0 Å². The largest absolute Gasteiger partial charge is 0.440 e. The van der Waals surface area contributed by atoms with Crippen LogP contribution >= 0.6 is 11.6 Å². The summed E-state index contributed by atoms with van der Waals surface area (Å²) < 4.78 is 27.1. The summed E-state index contributed by atoms with van der Waals surface area (Å²) in [6.45, 7) is 6.10. The van der Waals surface area contributed by atoms with Crippen LogP contribution in [0.1, 0.15) is 98.2 Å². The van der Waals surface area contributed by atoms with Crippen molar-refractivity contribution in [1.82, 2.24) is 4.90 Å². The molecule has 2 aliphatic heterocycles. The third-order valence-corrected chi connectivity index (χ3v) is 11.1. The molecule has 236 valence electrons. The molecule has 44 heavy (non-hydrogen) atoms. The Balaban J connectivity index is 1.40. The van der Waals surface area contributed by atoms with Crippen LogP contribution in [0.5, 0.6) is 0 Å². The van der Waals surface area contributed by atoms with Crippen molar-refractivity contribution < 1.29 is 28.6 Å². The number of rotatable bonds is 5. The van der Waals surface area contributed by atoms with Crippen LogP contribution < -0.4 is 0 Å². The Morgan fingerprint density at radius 2 is 2.02 bits per heavy atom. The predicted octanol–water partition coefficient (Wildman–Crippen LogP) is 7.58. The lowest BCUT2D eigenvalue weighted by Crippen LogP contribution is -2.48. The molecule has 2 aromatic rings. The molecule has 2 heterocycles. The highest BCUT2D eigenvalue weighted by atomic mass is 35.5. The Bertz CT molecular complexity index is 1430. The quantitative estimate of drug-likeness (QED) is 0.274. The molecule has 1 spiro atoms. The van der Waals surface area contributed by atoms with Gasteiger partial charge in [0.05, 0.1) is 25.3 Å². The molecule has 2 saturated heterocycles. The number of fused-ring (bicyclic) bond motifs is 8. The van der Waals surface area contributed by atoms with Gasteiger partial charge in [0.25, 0.3) is 0 Å². The van der Waals surface area contributed by atoms with Crippen molar-refractivity contribution in [3.8, 4) is 0 Å². The number of hydrogen-bond acceptors (Lipinski definition) is 5. The molecule has 0 aromatic heterocycles. The minimum atomic E-state index is -0.698. The molecule has 1 amide bonds. The minimum absolute atomic E-state index is 0.0367. The number of aliphatic hydroxyl groups excluding tert-OH is 1. The van der Waals surface area contributed by atoms with Crippen molar-refractivity contribution in [2.45, 2.75) is 102 Å². The standard InChI is InChI=1S/C36H43ClFNO5/c1-23-6-4-15-35(2)30(14-16-36(35)22-39(34(42)44-36)21-26-7-5-17-43-26)27-13-11-24(18-25(40)12-10-23)19-28(27)33(41)20-29-31(37)8-3-9-32(29)38/h3,6,8-9,11,13,19,25-26,30,40H,4-5,7,10,12,14-18,20-22H2,1-2H3/t25-,26+,30-,35-,36+/m0/s1. The Kier molecular flexibility index (Phi) is 8.93. The molecule has 1 saturated carbocycles. The second-order valence-corrected chi connectivity index (χ2v) is 14.0. The number of amides is 1. The molecule has 8 heteroatoms. The predicted molar refractivity (Wildman–Crippen MR) is 168 cm³/mol. The van der Waals surface area contributed by atoms with Crippen LogP contribution in [0.4, 0.5) is 9.18 Å². The molecule has 3 fully saturated rings. The van der Waals surface area contributed by atoms with Crippen molar-refractivity contribution in [3.63, 3.8) is 0 Å². The Morgan fingerprint density at radius 3 is 2.80 bits per heavy atom. The van der Waals surface area contributed by atoms with Gasteiger partial charge in [-0.05, 0) is 100.0 Å². The second kappa shape index (κ2) is 12.6. The zero-order valence-electron chi connectivity index (χ0n) is 25.7. The number of halogens is 2. The van der Waals surface area contributed by atoms with Gasteiger partial charge in [0.15, 0.2) is 5.78 Å². The third-order valence-electron chi connectivity index (χ3n) is 10.8. The van der Waals surface area contributed by atoms with Gasteiger partial charge in [-0.3, -0.25) is 4.79 Å². The van der Waals surface area contributed by atoms with E-state index in [9.17, 15) is 19.1 Å². The summed E-state index contributed by atoms with van der Waals surface area (Å²) in [6.07, 6.45) is 8.10. The van der Waals surface area contributed by atoms with Gasteiger partial charge in [-0.2, -0.15) is 0 Å². The van der Waals surface area contributed by atoms with Crippen molar-refractivity contribution in [3.05, 3.63) is 81.1 Å². The van der Waals surface area contributed by atoms with Crippen molar-refractivity contribution in [2.24, 2.45) is 5.41 Å². The summed E-state index contributed by atoms with van der Waals surface area (Å²) in [6, 6.07) is 10.4. The van der Waals surface area contributed by atoms with Gasteiger partial charge in [0.1, 0.15) is 11.4 Å². The van der Waals surface area contributed by atoms with E-state index in [2.05, 4.69) is 19.9 Å². The maximum absolute atomic E-state index is 14.8. The fraction of sp³-hybridized carbons (Fsp3) is 0.556. The molecular weight excluding hydrogens is 581 g/mol. The monoisotopic (exact) mass is 623 g/mol. The van der Waals surface area contributed by atoms with Crippen LogP contribution in [0.15, 0.2) is 48.0 Å². The molecule has 6 nitrogen and oxygen atoms in total. The van der Waals surface area contributed by atoms with Gasteiger partial charge < -0.3 is 19.5 Å². The molecule has 5 atom stereocenters.